The molecular formula is C5H10N2O3. The van der Waals surface area contributed by atoms with Crippen LogP contribution in [0.15, 0.2) is 10.5 Å². The summed E-state index contributed by atoms with van der Waals surface area (Å²) in [5.74, 6) is 0.0791. The fraction of sp³-hybridized carbons (Fsp3) is 1.00. The van der Waals surface area contributed by atoms with E-state index in [1.54, 1.807) is 0 Å². The molecule has 0 bridgehead atoms. The van der Waals surface area contributed by atoms with Gasteiger partial charge in [0.15, 0.2) is 11.4 Å². The van der Waals surface area contributed by atoms with Gasteiger partial charge in [-0.15, -0.1) is 4.91 Å². The van der Waals surface area contributed by atoms with Crippen LogP contribution >= 0.6 is 0 Å². The van der Waals surface area contributed by atoms with Gasteiger partial charge in [0.2, 0.25) is 0 Å². The zero-order valence-electron chi connectivity index (χ0n) is 5.98. The van der Waals surface area contributed by atoms with Gasteiger partial charge in [0.1, 0.15) is 6.54 Å². The molecule has 0 radical (unpaired) electrons. The quantitative estimate of drug-likeness (QED) is 0.435. The molecule has 0 aliphatic rings. The van der Waals surface area contributed by atoms with Gasteiger partial charge in [0.25, 0.3) is 0 Å². The van der Waals surface area contributed by atoms with Crippen LogP contribution in [-0.4, -0.2) is 12.6 Å². The Labute approximate surface area is 58.7 Å². The van der Waals surface area contributed by atoms with Gasteiger partial charge in [-0.3, -0.25) is 0 Å². The maximum absolute atomic E-state index is 9.72. The summed E-state index contributed by atoms with van der Waals surface area (Å²) in [6.07, 6.45) is -0.477. The summed E-state index contributed by atoms with van der Waals surface area (Å²) < 4.78 is 0. The highest BCUT2D eigenvalue weighted by Gasteiger charge is 2.15. The fourth-order valence-electron chi connectivity index (χ4n) is 0.495. The predicted molar refractivity (Wildman–Crippen MR) is 36.2 cm³/mol. The van der Waals surface area contributed by atoms with Crippen LogP contribution in [0.5, 0.6) is 0 Å². The molecule has 0 aromatic heterocycles. The molecule has 0 saturated carbocycles. The van der Waals surface area contributed by atoms with Gasteiger partial charge in [0, 0.05) is 0 Å². The monoisotopic (exact) mass is 146 g/mol. The minimum atomic E-state index is -0.477. The third kappa shape index (κ3) is 3.11. The van der Waals surface area contributed by atoms with E-state index >= 15 is 0 Å². The number of hydrogen-bond donors (Lipinski definition) is 0. The third-order valence-corrected chi connectivity index (χ3v) is 1.18. The molecule has 1 atom stereocenters. The summed E-state index contributed by atoms with van der Waals surface area (Å²) in [5.41, 5.74) is 0. The Morgan fingerprint density at radius 1 is 1.40 bits per heavy atom. The van der Waals surface area contributed by atoms with Crippen molar-refractivity contribution >= 4 is 0 Å². The minimum Gasteiger partial charge on any atom is -0.358 e. The molecule has 1 unspecified atom stereocenters. The molecule has 0 aliphatic heterocycles. The van der Waals surface area contributed by atoms with E-state index in [1.807, 2.05) is 13.8 Å². The van der Waals surface area contributed by atoms with Gasteiger partial charge in [-0.2, -0.15) is 4.91 Å². The number of nitrogens with zero attached hydrogens (tertiary/aromatic N) is 2. The van der Waals surface area contributed by atoms with Crippen LogP contribution in [0, 0.1) is 15.7 Å². The van der Waals surface area contributed by atoms with Crippen LogP contribution in [0.2, 0.25) is 0 Å². The zero-order chi connectivity index (χ0) is 7.98. The summed E-state index contributed by atoms with van der Waals surface area (Å²) in [6.45, 7) is 3.62. The first-order chi connectivity index (χ1) is 4.72. The number of nitroso groups, excluding NO2 is 1. The standard InChI is InChI=1S/C5H10N2O3/c1-4(2)5(3-6-8)10-7-9/h4-5H,3H2,1-2H3. The van der Waals surface area contributed by atoms with E-state index in [4.69, 9.17) is 0 Å². The molecule has 0 amide bonds. The lowest BCUT2D eigenvalue weighted by molar-refractivity contribution is 0.0300. The Morgan fingerprint density at radius 3 is 2.30 bits per heavy atom. The first-order valence-electron chi connectivity index (χ1n) is 3.00. The Morgan fingerprint density at radius 2 is 2.00 bits per heavy atom. The van der Waals surface area contributed by atoms with Gasteiger partial charge in [-0.1, -0.05) is 19.0 Å². The van der Waals surface area contributed by atoms with Gasteiger partial charge in [0.05, 0.1) is 0 Å². The van der Waals surface area contributed by atoms with Crippen LogP contribution < -0.4 is 0 Å². The lowest BCUT2D eigenvalue weighted by Crippen LogP contribution is -2.20. The largest absolute Gasteiger partial charge is 0.358 e. The molecule has 0 rings (SSSR count). The van der Waals surface area contributed by atoms with E-state index in [-0.39, 0.29) is 12.5 Å². The molecule has 0 heterocycles. The lowest BCUT2D eigenvalue weighted by atomic mass is 10.1. The van der Waals surface area contributed by atoms with Crippen molar-refractivity contribution in [3.8, 4) is 0 Å². The number of hydrogen-bond acceptors (Lipinski definition) is 5. The van der Waals surface area contributed by atoms with E-state index in [9.17, 15) is 9.81 Å². The SMILES string of the molecule is CC(C)C(CN=O)ON=O. The predicted octanol–water partition coefficient (Wildman–Crippen LogP) is 1.48. The van der Waals surface area contributed by atoms with Crippen molar-refractivity contribution in [3.05, 3.63) is 9.81 Å². The molecular weight excluding hydrogens is 136 g/mol. The summed E-state index contributed by atoms with van der Waals surface area (Å²) in [4.78, 5) is 23.6. The summed E-state index contributed by atoms with van der Waals surface area (Å²) in [6, 6.07) is 0. The lowest BCUT2D eigenvalue weighted by Gasteiger charge is -2.11. The van der Waals surface area contributed by atoms with Crippen molar-refractivity contribution in [2.45, 2.75) is 20.0 Å². The molecule has 58 valence electrons. The first kappa shape index (κ1) is 9.00. The first-order valence-corrected chi connectivity index (χ1v) is 3.00. The van der Waals surface area contributed by atoms with Crippen LogP contribution in [-0.2, 0) is 4.84 Å². The molecule has 0 N–H and O–H groups in total. The third-order valence-electron chi connectivity index (χ3n) is 1.18. The van der Waals surface area contributed by atoms with Crippen LogP contribution in [0.1, 0.15) is 13.8 Å². The smallest absolute Gasteiger partial charge is 0.156 e. The van der Waals surface area contributed by atoms with Crippen molar-refractivity contribution in [3.63, 3.8) is 0 Å². The topological polar surface area (TPSA) is 68.1 Å². The molecule has 5 heteroatoms. The van der Waals surface area contributed by atoms with Gasteiger partial charge >= 0.3 is 0 Å². The van der Waals surface area contributed by atoms with Crippen LogP contribution in [0.4, 0.5) is 0 Å². The Hall–Kier alpha value is -1.00. The minimum absolute atomic E-state index is 0.0244. The van der Waals surface area contributed by atoms with Crippen molar-refractivity contribution in [1.29, 1.82) is 0 Å². The maximum atomic E-state index is 9.72. The van der Waals surface area contributed by atoms with E-state index < -0.39 is 6.10 Å². The molecule has 10 heavy (non-hydrogen) atoms. The second-order valence-corrected chi connectivity index (χ2v) is 2.27. The van der Waals surface area contributed by atoms with Crippen molar-refractivity contribution in [2.75, 3.05) is 6.54 Å². The van der Waals surface area contributed by atoms with Gasteiger partial charge in [-0.05, 0) is 5.92 Å². The highest BCUT2D eigenvalue weighted by Crippen LogP contribution is 2.06. The number of rotatable bonds is 5. The maximum Gasteiger partial charge on any atom is 0.156 e. The Bertz CT molecular complexity index is 105. The molecule has 0 fully saturated rings. The molecule has 0 spiro atoms. The summed E-state index contributed by atoms with van der Waals surface area (Å²) in [7, 11) is 0. The van der Waals surface area contributed by atoms with E-state index in [0.29, 0.717) is 0 Å². The van der Waals surface area contributed by atoms with Crippen molar-refractivity contribution in [1.82, 2.24) is 0 Å². The zero-order valence-corrected chi connectivity index (χ0v) is 5.98. The Balaban J connectivity index is 3.70. The second kappa shape index (κ2) is 4.84. The fourth-order valence-corrected chi connectivity index (χ4v) is 0.495. The van der Waals surface area contributed by atoms with Gasteiger partial charge in [-0.25, -0.2) is 0 Å². The van der Waals surface area contributed by atoms with Crippen LogP contribution in [0.25, 0.3) is 0 Å². The van der Waals surface area contributed by atoms with Crippen molar-refractivity contribution < 1.29 is 4.84 Å². The van der Waals surface area contributed by atoms with Crippen molar-refractivity contribution in [2.24, 2.45) is 16.4 Å². The van der Waals surface area contributed by atoms with E-state index in [0.717, 1.165) is 0 Å². The second-order valence-electron chi connectivity index (χ2n) is 2.27. The average Bonchev–Trinajstić information content (AvgIpc) is 1.87. The van der Waals surface area contributed by atoms with E-state index in [1.165, 1.54) is 0 Å². The highest BCUT2D eigenvalue weighted by atomic mass is 16.7. The molecule has 0 saturated heterocycles. The normalized spacial score (nSPS) is 12.7. The molecule has 0 aromatic carbocycles. The van der Waals surface area contributed by atoms with E-state index in [2.05, 4.69) is 15.4 Å². The Kier molecular flexibility index (Phi) is 4.36. The summed E-state index contributed by atoms with van der Waals surface area (Å²) in [5, 5.41) is 4.83. The molecule has 0 aromatic rings. The molecule has 0 aliphatic carbocycles. The van der Waals surface area contributed by atoms with Crippen LogP contribution in [0.3, 0.4) is 0 Å². The highest BCUT2D eigenvalue weighted by molar-refractivity contribution is 4.63. The van der Waals surface area contributed by atoms with Gasteiger partial charge < -0.3 is 4.84 Å². The summed E-state index contributed by atoms with van der Waals surface area (Å²) >= 11 is 0. The average molecular weight is 146 g/mol. The molecule has 5 nitrogen and oxygen atoms in total.